The number of thiocarbonyl (C=S) groups is 1. The van der Waals surface area contributed by atoms with Gasteiger partial charge in [0.1, 0.15) is 6.04 Å². The number of benzene rings is 1. The van der Waals surface area contributed by atoms with Crippen LogP contribution in [0.4, 0.5) is 0 Å². The van der Waals surface area contributed by atoms with E-state index in [-0.39, 0.29) is 18.0 Å². The van der Waals surface area contributed by atoms with Gasteiger partial charge in [0.05, 0.1) is 6.04 Å². The summed E-state index contributed by atoms with van der Waals surface area (Å²) >= 11 is 5.48. The highest BCUT2D eigenvalue weighted by Crippen LogP contribution is 2.29. The number of fused-ring (bicyclic) bond motifs is 1. The van der Waals surface area contributed by atoms with Crippen molar-refractivity contribution < 1.29 is 4.79 Å². The number of carbonyl (C=O) groups is 1. The number of hydrogen-bond acceptors (Lipinski definition) is 4. The van der Waals surface area contributed by atoms with Gasteiger partial charge < -0.3 is 20.9 Å². The first kappa shape index (κ1) is 16.0. The standard InChI is InChI=1S/C18H24N4OS/c23-17-16-15(8-10-20-16)22(18(24)21-17)11-12-5-1-2-6-13(12)14-7-3-4-9-19-14/h1-2,5-6,14-16,19-20H,3-4,7-11H2,(H,21,23,24)/t14-,15?,16?/m0/s1. The third-order valence-electron chi connectivity index (χ3n) is 5.44. The Morgan fingerprint density at radius 3 is 2.83 bits per heavy atom. The second-order valence-electron chi connectivity index (χ2n) is 6.91. The molecule has 128 valence electrons. The van der Waals surface area contributed by atoms with Crippen molar-refractivity contribution in [1.82, 2.24) is 20.9 Å². The summed E-state index contributed by atoms with van der Waals surface area (Å²) < 4.78 is 0. The smallest absolute Gasteiger partial charge is 0.245 e. The molecule has 0 saturated carbocycles. The van der Waals surface area contributed by atoms with Gasteiger partial charge in [-0.2, -0.15) is 0 Å². The molecule has 3 heterocycles. The number of nitrogens with one attached hydrogen (secondary N) is 3. The summed E-state index contributed by atoms with van der Waals surface area (Å²) in [4.78, 5) is 14.3. The first-order valence-electron chi connectivity index (χ1n) is 8.90. The van der Waals surface area contributed by atoms with E-state index in [4.69, 9.17) is 12.2 Å². The second-order valence-corrected chi connectivity index (χ2v) is 7.30. The lowest BCUT2D eigenvalue weighted by molar-refractivity contribution is -0.123. The van der Waals surface area contributed by atoms with Crippen LogP contribution in [0, 0.1) is 0 Å². The Morgan fingerprint density at radius 1 is 1.12 bits per heavy atom. The van der Waals surface area contributed by atoms with E-state index in [1.54, 1.807) is 0 Å². The summed E-state index contributed by atoms with van der Waals surface area (Å²) in [6.07, 6.45) is 4.68. The molecule has 4 rings (SSSR count). The topological polar surface area (TPSA) is 56.4 Å². The molecule has 2 unspecified atom stereocenters. The van der Waals surface area contributed by atoms with E-state index >= 15 is 0 Å². The molecule has 3 aliphatic rings. The molecule has 0 aromatic heterocycles. The fraction of sp³-hybridized carbons (Fsp3) is 0.556. The lowest BCUT2D eigenvalue weighted by Crippen LogP contribution is -2.63. The molecule has 1 amide bonds. The van der Waals surface area contributed by atoms with E-state index in [0.717, 1.165) is 26.1 Å². The molecule has 24 heavy (non-hydrogen) atoms. The highest BCUT2D eigenvalue weighted by molar-refractivity contribution is 7.80. The number of amides is 1. The predicted octanol–water partition coefficient (Wildman–Crippen LogP) is 1.45. The van der Waals surface area contributed by atoms with Crippen LogP contribution in [-0.4, -0.2) is 41.1 Å². The van der Waals surface area contributed by atoms with Crippen LogP contribution in [-0.2, 0) is 11.3 Å². The maximum Gasteiger partial charge on any atom is 0.245 e. The Bertz CT molecular complexity index is 644. The van der Waals surface area contributed by atoms with Crippen LogP contribution in [0.25, 0.3) is 0 Å². The minimum Gasteiger partial charge on any atom is -0.339 e. The summed E-state index contributed by atoms with van der Waals surface area (Å²) in [6, 6.07) is 9.09. The normalized spacial score (nSPS) is 30.2. The second kappa shape index (κ2) is 6.78. The van der Waals surface area contributed by atoms with E-state index in [1.807, 2.05) is 0 Å². The molecule has 0 spiro atoms. The molecule has 6 heteroatoms. The number of carbonyl (C=O) groups excluding carboxylic acids is 1. The minimum atomic E-state index is -0.142. The van der Waals surface area contributed by atoms with Gasteiger partial charge in [-0.05, 0) is 55.7 Å². The molecule has 0 radical (unpaired) electrons. The van der Waals surface area contributed by atoms with Gasteiger partial charge in [-0.3, -0.25) is 4.79 Å². The summed E-state index contributed by atoms with van der Waals surface area (Å²) in [7, 11) is 0. The van der Waals surface area contributed by atoms with Crippen LogP contribution in [0.15, 0.2) is 24.3 Å². The van der Waals surface area contributed by atoms with Crippen molar-refractivity contribution in [1.29, 1.82) is 0 Å². The third-order valence-corrected chi connectivity index (χ3v) is 5.78. The van der Waals surface area contributed by atoms with Gasteiger partial charge in [0, 0.05) is 12.6 Å². The number of piperidine rings is 1. The summed E-state index contributed by atoms with van der Waals surface area (Å²) in [5.41, 5.74) is 2.68. The molecular formula is C18H24N4OS. The van der Waals surface area contributed by atoms with E-state index in [0.29, 0.717) is 11.2 Å². The van der Waals surface area contributed by atoms with Crippen molar-refractivity contribution >= 4 is 23.2 Å². The van der Waals surface area contributed by atoms with Crippen molar-refractivity contribution in [3.63, 3.8) is 0 Å². The Morgan fingerprint density at radius 2 is 2.00 bits per heavy atom. The molecule has 0 bridgehead atoms. The molecule has 0 aliphatic carbocycles. The van der Waals surface area contributed by atoms with Gasteiger partial charge in [0.25, 0.3) is 0 Å². The number of rotatable bonds is 3. The Hall–Kier alpha value is -1.50. The molecule has 3 fully saturated rings. The lowest BCUT2D eigenvalue weighted by Gasteiger charge is -2.39. The zero-order valence-corrected chi connectivity index (χ0v) is 14.6. The number of nitrogens with zero attached hydrogens (tertiary/aromatic N) is 1. The van der Waals surface area contributed by atoms with E-state index in [1.165, 1.54) is 30.4 Å². The highest BCUT2D eigenvalue weighted by Gasteiger charge is 2.42. The molecule has 1 aromatic carbocycles. The van der Waals surface area contributed by atoms with Crippen LogP contribution in [0.3, 0.4) is 0 Å². The third kappa shape index (κ3) is 2.94. The fourth-order valence-corrected chi connectivity index (χ4v) is 4.51. The van der Waals surface area contributed by atoms with Gasteiger partial charge >= 0.3 is 0 Å². The van der Waals surface area contributed by atoms with Gasteiger partial charge in [0.2, 0.25) is 5.91 Å². The molecule has 3 aliphatic heterocycles. The van der Waals surface area contributed by atoms with Crippen molar-refractivity contribution in [2.24, 2.45) is 0 Å². The molecule has 1 aromatic rings. The van der Waals surface area contributed by atoms with Crippen molar-refractivity contribution in [2.45, 2.75) is 50.4 Å². The van der Waals surface area contributed by atoms with Crippen LogP contribution in [0.5, 0.6) is 0 Å². The highest BCUT2D eigenvalue weighted by atomic mass is 32.1. The molecule has 3 atom stereocenters. The van der Waals surface area contributed by atoms with Crippen molar-refractivity contribution in [2.75, 3.05) is 13.1 Å². The quantitative estimate of drug-likeness (QED) is 0.725. The Labute approximate surface area is 148 Å². The summed E-state index contributed by atoms with van der Waals surface area (Å²) in [6.45, 7) is 2.72. The molecule has 3 N–H and O–H groups in total. The largest absolute Gasteiger partial charge is 0.339 e. The lowest BCUT2D eigenvalue weighted by atomic mass is 9.93. The SMILES string of the molecule is O=C1NC(=S)N(Cc2ccccc2[C@@H]2CCCCN2)C2CCNC12. The summed E-state index contributed by atoms with van der Waals surface area (Å²) in [5.74, 6) is 0.0148. The van der Waals surface area contributed by atoms with E-state index in [2.05, 4.69) is 45.1 Å². The van der Waals surface area contributed by atoms with E-state index in [9.17, 15) is 4.79 Å². The Kier molecular flexibility index (Phi) is 4.52. The zero-order valence-electron chi connectivity index (χ0n) is 13.8. The maximum absolute atomic E-state index is 12.1. The fourth-order valence-electron chi connectivity index (χ4n) is 4.21. The molecular weight excluding hydrogens is 320 g/mol. The first-order valence-corrected chi connectivity index (χ1v) is 9.31. The van der Waals surface area contributed by atoms with Gasteiger partial charge in [0.15, 0.2) is 5.11 Å². The summed E-state index contributed by atoms with van der Waals surface area (Å²) in [5, 5.41) is 10.4. The van der Waals surface area contributed by atoms with Crippen LogP contribution >= 0.6 is 12.2 Å². The van der Waals surface area contributed by atoms with E-state index < -0.39 is 0 Å². The zero-order chi connectivity index (χ0) is 16.5. The average Bonchev–Trinajstić information content (AvgIpc) is 3.10. The maximum atomic E-state index is 12.1. The average molecular weight is 344 g/mol. The molecule has 5 nitrogen and oxygen atoms in total. The minimum absolute atomic E-state index is 0.0148. The monoisotopic (exact) mass is 344 g/mol. The van der Waals surface area contributed by atoms with Crippen LogP contribution < -0.4 is 16.0 Å². The predicted molar refractivity (Wildman–Crippen MR) is 97.5 cm³/mol. The van der Waals surface area contributed by atoms with Crippen molar-refractivity contribution in [3.05, 3.63) is 35.4 Å². The number of hydrogen-bond donors (Lipinski definition) is 3. The Balaban J connectivity index is 1.58. The van der Waals surface area contributed by atoms with Crippen LogP contribution in [0.1, 0.15) is 42.9 Å². The van der Waals surface area contributed by atoms with Gasteiger partial charge in [-0.25, -0.2) is 0 Å². The first-order chi connectivity index (χ1) is 11.7. The van der Waals surface area contributed by atoms with Gasteiger partial charge in [-0.1, -0.05) is 30.7 Å². The van der Waals surface area contributed by atoms with Gasteiger partial charge in [-0.15, -0.1) is 0 Å². The van der Waals surface area contributed by atoms with Crippen LogP contribution in [0.2, 0.25) is 0 Å². The molecule has 3 saturated heterocycles. The van der Waals surface area contributed by atoms with Crippen molar-refractivity contribution in [3.8, 4) is 0 Å².